The Kier molecular flexibility index (Phi) is 13.7. The standard InChI is InChI=1S/C78H58I2/c1-47-13-7-19-53-25-26-54-20-8-14-48(2)68(54)74(60-33-37-62(38-34-60)76-70-50(4)16-10-22-56(70)28-30-58-24-12-18-52(6)72(58)78(76)64-41-45-66(80)46-42-64)73(67(47)53)59-31-35-61(36-32-59)75-69-49(3)15-9-21-55(69)27-29-57-23-11-17-51(5)71(57)77(75)63-39-43-65(79)44-40-63/h7-46H,1-6H3/b26-25-,29-27-,30-28-,53-25?,54-26?,55-27?,56-28?,57-29?,58-30?,73-67?,74-68?,74-73-,75-69?,76-70?,77-71?,77-75-,78-72?,78-76-. The first kappa shape index (κ1) is 51.5. The smallest absolute Gasteiger partial charge is 0.0130 e. The van der Waals surface area contributed by atoms with Crippen molar-refractivity contribution in [2.75, 3.05) is 0 Å². The van der Waals surface area contributed by atoms with Crippen molar-refractivity contribution in [1.82, 2.24) is 0 Å². The monoisotopic (exact) mass is 1250 g/mol. The lowest BCUT2D eigenvalue weighted by molar-refractivity contribution is 1.35. The number of rotatable bonds is 6. The Morgan fingerprint density at radius 2 is 0.338 bits per heavy atom. The molecule has 3 aliphatic rings. The van der Waals surface area contributed by atoms with Gasteiger partial charge >= 0.3 is 0 Å². The summed E-state index contributed by atoms with van der Waals surface area (Å²) in [4.78, 5) is 0. The van der Waals surface area contributed by atoms with E-state index in [1.165, 1.54) is 174 Å². The summed E-state index contributed by atoms with van der Waals surface area (Å²) >= 11 is 4.86. The van der Waals surface area contributed by atoms with Crippen LogP contribution in [-0.2, 0) is 0 Å². The Hall–Kier alpha value is -7.90. The summed E-state index contributed by atoms with van der Waals surface area (Å²) in [7, 11) is 0. The van der Waals surface area contributed by atoms with Crippen molar-refractivity contribution in [3.63, 3.8) is 0 Å². The Labute approximate surface area is 499 Å². The van der Waals surface area contributed by atoms with E-state index in [1.807, 2.05) is 0 Å². The molecular weight excluding hydrogens is 1190 g/mol. The molecule has 0 aromatic heterocycles. The van der Waals surface area contributed by atoms with Crippen molar-refractivity contribution >= 4 is 115 Å². The van der Waals surface area contributed by atoms with Gasteiger partial charge in [-0.1, -0.05) is 218 Å². The predicted octanol–water partition coefficient (Wildman–Crippen LogP) is 21.2. The molecule has 0 N–H and O–H groups in total. The fourth-order valence-corrected chi connectivity index (χ4v) is 13.6. The maximum Gasteiger partial charge on any atom is 0.0130 e. The van der Waals surface area contributed by atoms with E-state index in [0.29, 0.717) is 0 Å². The van der Waals surface area contributed by atoms with Gasteiger partial charge in [0.15, 0.2) is 0 Å². The molecule has 0 aliphatic heterocycles. The summed E-state index contributed by atoms with van der Waals surface area (Å²) in [6.45, 7) is 13.6. The first-order valence-electron chi connectivity index (χ1n) is 27.6. The van der Waals surface area contributed by atoms with Crippen LogP contribution in [0.4, 0.5) is 0 Å². The average Bonchev–Trinajstić information content (AvgIpc) is 3.33. The first-order valence-corrected chi connectivity index (χ1v) is 29.8. The lowest BCUT2D eigenvalue weighted by Crippen LogP contribution is -2.07. The van der Waals surface area contributed by atoms with E-state index < -0.39 is 0 Å². The van der Waals surface area contributed by atoms with Gasteiger partial charge in [-0.3, -0.25) is 0 Å². The Bertz CT molecular complexity index is 4070. The SMILES string of the molecule is Cc1cccc2c1/C(c1ccc(I)cc1)=C(/c1ccc(/C3=C(\c4ccc(/C5=C(\c6ccc(I)cc6)c6c(C)cccc6/C=C\c6cccc(C)c65)cc4)c4c(C)cccc4/C=C\c4cccc(C)c43)cc1)c1c(C)cccc1/C=C\2. The zero-order valence-corrected chi connectivity index (χ0v) is 50.2. The minimum Gasteiger partial charge on any atom is -0.0614 e. The molecular formula is C78H58I2. The van der Waals surface area contributed by atoms with Gasteiger partial charge < -0.3 is 0 Å². The third-order valence-corrected chi connectivity index (χ3v) is 18.0. The molecule has 0 bridgehead atoms. The van der Waals surface area contributed by atoms with Gasteiger partial charge in [-0.2, -0.15) is 0 Å². The summed E-state index contributed by atoms with van der Waals surface area (Å²) < 4.78 is 2.43. The molecule has 0 heterocycles. The van der Waals surface area contributed by atoms with Gasteiger partial charge in [0.2, 0.25) is 0 Å². The first-order chi connectivity index (χ1) is 39.0. The van der Waals surface area contributed by atoms with E-state index in [9.17, 15) is 0 Å². The summed E-state index contributed by atoms with van der Waals surface area (Å²) in [6, 6.07) is 77.9. The van der Waals surface area contributed by atoms with E-state index >= 15 is 0 Å². The lowest BCUT2D eigenvalue weighted by Gasteiger charge is -2.27. The minimum atomic E-state index is 1.17. The van der Waals surface area contributed by atoms with E-state index in [-0.39, 0.29) is 0 Å². The summed E-state index contributed by atoms with van der Waals surface area (Å²) in [6.07, 6.45) is 13.9. The van der Waals surface area contributed by atoms with E-state index in [0.717, 1.165) is 0 Å². The minimum absolute atomic E-state index is 1.17. The van der Waals surface area contributed by atoms with Crippen molar-refractivity contribution in [2.24, 2.45) is 0 Å². The lowest BCUT2D eigenvalue weighted by atomic mass is 9.76. The zero-order valence-electron chi connectivity index (χ0n) is 45.8. The molecule has 10 aromatic carbocycles. The largest absolute Gasteiger partial charge is 0.0614 e. The number of halogens is 2. The van der Waals surface area contributed by atoms with E-state index in [2.05, 4.69) is 329 Å². The zero-order chi connectivity index (χ0) is 54.8. The highest BCUT2D eigenvalue weighted by Gasteiger charge is 2.29. The van der Waals surface area contributed by atoms with E-state index in [4.69, 9.17) is 0 Å². The van der Waals surface area contributed by atoms with Crippen molar-refractivity contribution in [3.8, 4) is 0 Å². The number of benzene rings is 10. The van der Waals surface area contributed by atoms with Gasteiger partial charge in [0, 0.05) is 7.14 Å². The molecule has 0 atom stereocenters. The number of fused-ring (bicyclic) bond motifs is 6. The van der Waals surface area contributed by atoms with Crippen molar-refractivity contribution in [2.45, 2.75) is 41.5 Å². The third-order valence-electron chi connectivity index (χ3n) is 16.6. The fraction of sp³-hybridized carbons (Fsp3) is 0.0769. The average molecular weight is 1250 g/mol. The van der Waals surface area contributed by atoms with Gasteiger partial charge in [0.1, 0.15) is 0 Å². The highest BCUT2D eigenvalue weighted by Crippen LogP contribution is 2.49. The van der Waals surface area contributed by atoms with Gasteiger partial charge in [0.25, 0.3) is 0 Å². The number of hydrogen-bond donors (Lipinski definition) is 0. The van der Waals surface area contributed by atoms with Gasteiger partial charge in [-0.25, -0.2) is 0 Å². The molecule has 0 nitrogen and oxygen atoms in total. The highest BCUT2D eigenvalue weighted by molar-refractivity contribution is 14.1. The van der Waals surface area contributed by atoms with Crippen LogP contribution in [0.5, 0.6) is 0 Å². The highest BCUT2D eigenvalue weighted by atomic mass is 127. The molecule has 80 heavy (non-hydrogen) atoms. The molecule has 0 unspecified atom stereocenters. The maximum absolute atomic E-state index is 2.43. The molecule has 3 aliphatic carbocycles. The topological polar surface area (TPSA) is 0 Å². The summed E-state index contributed by atoms with van der Waals surface area (Å²) in [5, 5.41) is 0. The molecule has 0 saturated heterocycles. The van der Waals surface area contributed by atoms with Crippen LogP contribution in [0.25, 0.3) is 69.9 Å². The number of aryl methyl sites for hydroxylation is 6. The van der Waals surface area contributed by atoms with Crippen LogP contribution in [0.3, 0.4) is 0 Å². The van der Waals surface area contributed by atoms with Crippen LogP contribution in [0.2, 0.25) is 0 Å². The van der Waals surface area contributed by atoms with Crippen LogP contribution >= 0.6 is 45.2 Å². The van der Waals surface area contributed by atoms with Crippen LogP contribution in [0.1, 0.15) is 134 Å². The number of hydrogen-bond acceptors (Lipinski definition) is 0. The molecule has 13 rings (SSSR count). The molecule has 384 valence electrons. The van der Waals surface area contributed by atoms with Crippen LogP contribution in [0.15, 0.2) is 206 Å². The van der Waals surface area contributed by atoms with E-state index in [1.54, 1.807) is 0 Å². The van der Waals surface area contributed by atoms with Crippen molar-refractivity contribution in [1.29, 1.82) is 0 Å². The molecule has 0 radical (unpaired) electrons. The third kappa shape index (κ3) is 9.17. The summed E-state index contributed by atoms with van der Waals surface area (Å²) in [5.41, 5.74) is 36.9. The second-order valence-electron chi connectivity index (χ2n) is 21.7. The molecule has 0 fully saturated rings. The van der Waals surface area contributed by atoms with Crippen LogP contribution in [-0.4, -0.2) is 0 Å². The molecule has 10 aromatic rings. The van der Waals surface area contributed by atoms with Gasteiger partial charge in [-0.05, 0) is 278 Å². The molecule has 0 saturated carbocycles. The Morgan fingerprint density at radius 1 is 0.188 bits per heavy atom. The molecule has 0 spiro atoms. The van der Waals surface area contributed by atoms with Gasteiger partial charge in [-0.15, -0.1) is 0 Å². The second kappa shape index (κ2) is 21.3. The Balaban J connectivity index is 1.09. The molecule has 0 amide bonds. The van der Waals surface area contributed by atoms with Crippen LogP contribution < -0.4 is 0 Å². The van der Waals surface area contributed by atoms with Crippen LogP contribution in [0, 0.1) is 48.7 Å². The maximum atomic E-state index is 2.43. The Morgan fingerprint density at radius 3 is 0.500 bits per heavy atom. The summed E-state index contributed by atoms with van der Waals surface area (Å²) in [5.74, 6) is 0. The van der Waals surface area contributed by atoms with Crippen molar-refractivity contribution in [3.05, 3.63) is 347 Å². The fourth-order valence-electron chi connectivity index (χ4n) is 12.9. The molecule has 2 heteroatoms. The van der Waals surface area contributed by atoms with Gasteiger partial charge in [0.05, 0.1) is 0 Å². The quantitative estimate of drug-likeness (QED) is 0.146. The second-order valence-corrected chi connectivity index (χ2v) is 24.1. The van der Waals surface area contributed by atoms with Crippen molar-refractivity contribution < 1.29 is 0 Å². The normalized spacial score (nSPS) is 17.4. The predicted molar refractivity (Wildman–Crippen MR) is 360 cm³/mol.